The summed E-state index contributed by atoms with van der Waals surface area (Å²) in [5, 5.41) is 4.33. The summed E-state index contributed by atoms with van der Waals surface area (Å²) in [6.45, 7) is 2.14. The Morgan fingerprint density at radius 2 is 1.96 bits per heavy atom. The normalized spacial score (nSPS) is 10.6. The number of carbonyl (C=O) groups is 1. The number of amides is 1. The van der Waals surface area contributed by atoms with Crippen molar-refractivity contribution in [1.29, 1.82) is 0 Å². The molecule has 0 fully saturated rings. The van der Waals surface area contributed by atoms with E-state index in [1.54, 1.807) is 35.0 Å². The van der Waals surface area contributed by atoms with Crippen molar-refractivity contribution >= 4 is 5.91 Å². The highest BCUT2D eigenvalue weighted by Crippen LogP contribution is 2.20. The number of nitrogens with zero attached hydrogens (tertiary/aromatic N) is 3. The minimum atomic E-state index is -0.445. The summed E-state index contributed by atoms with van der Waals surface area (Å²) in [6, 6.07) is 14.3. The van der Waals surface area contributed by atoms with Gasteiger partial charge in [0, 0.05) is 13.6 Å². The van der Waals surface area contributed by atoms with E-state index >= 15 is 0 Å². The largest absolute Gasteiger partial charge is 0.494 e. The molecule has 0 unspecified atom stereocenters. The summed E-state index contributed by atoms with van der Waals surface area (Å²) in [5.41, 5.74) is 2.86. The molecule has 0 saturated heterocycles. The lowest BCUT2D eigenvalue weighted by molar-refractivity contribution is 0.0784. The van der Waals surface area contributed by atoms with Crippen LogP contribution >= 0.6 is 0 Å². The molecule has 5 nitrogen and oxygen atoms in total. The first kappa shape index (κ1) is 17.7. The topological polar surface area (TPSA) is 47.4 Å². The van der Waals surface area contributed by atoms with Gasteiger partial charge in [0.2, 0.25) is 0 Å². The number of para-hydroxylation sites is 1. The van der Waals surface area contributed by atoms with Crippen LogP contribution in [0.4, 0.5) is 4.39 Å². The Morgan fingerprint density at radius 3 is 2.62 bits per heavy atom. The molecule has 3 aromatic rings. The number of benzene rings is 2. The zero-order valence-electron chi connectivity index (χ0n) is 14.9. The van der Waals surface area contributed by atoms with E-state index in [1.807, 2.05) is 37.3 Å². The van der Waals surface area contributed by atoms with Crippen LogP contribution in [0.25, 0.3) is 5.69 Å². The lowest BCUT2D eigenvalue weighted by atomic mass is 10.1. The second-order valence-corrected chi connectivity index (χ2v) is 6.02. The number of aromatic nitrogens is 2. The molecule has 0 N–H and O–H groups in total. The van der Waals surface area contributed by atoms with Crippen molar-refractivity contribution < 1.29 is 13.9 Å². The van der Waals surface area contributed by atoms with Crippen LogP contribution in [0.1, 0.15) is 21.6 Å². The van der Waals surface area contributed by atoms with Crippen LogP contribution in [0.15, 0.2) is 54.7 Å². The molecule has 0 aliphatic heterocycles. The third-order valence-corrected chi connectivity index (χ3v) is 4.22. The Bertz CT molecular complexity index is 922. The lowest BCUT2D eigenvalue weighted by Gasteiger charge is -2.17. The molecule has 3 rings (SSSR count). The molecule has 1 aromatic heterocycles. The van der Waals surface area contributed by atoms with Crippen molar-refractivity contribution in [3.63, 3.8) is 0 Å². The number of ether oxygens (including phenoxy) is 1. The Balaban J connectivity index is 1.79. The molecular weight excluding hydrogens is 333 g/mol. The maximum Gasteiger partial charge on any atom is 0.257 e. The van der Waals surface area contributed by atoms with Crippen LogP contribution in [0.3, 0.4) is 0 Å². The van der Waals surface area contributed by atoms with E-state index in [0.717, 1.165) is 11.4 Å². The Morgan fingerprint density at radius 1 is 1.23 bits per heavy atom. The van der Waals surface area contributed by atoms with E-state index in [9.17, 15) is 9.18 Å². The molecule has 1 amide bonds. The maximum atomic E-state index is 13.8. The zero-order valence-corrected chi connectivity index (χ0v) is 14.9. The number of methoxy groups -OCH3 is 1. The summed E-state index contributed by atoms with van der Waals surface area (Å²) in [7, 11) is 3.10. The van der Waals surface area contributed by atoms with Gasteiger partial charge in [-0.3, -0.25) is 4.79 Å². The van der Waals surface area contributed by atoms with E-state index < -0.39 is 5.82 Å². The van der Waals surface area contributed by atoms with Gasteiger partial charge in [-0.1, -0.05) is 24.3 Å². The number of carbonyl (C=O) groups excluding carboxylic acids is 1. The van der Waals surface area contributed by atoms with Gasteiger partial charge in [0.25, 0.3) is 5.91 Å². The summed E-state index contributed by atoms with van der Waals surface area (Å²) in [6.07, 6.45) is 1.57. The number of halogens is 1. The molecular formula is C20H20FN3O2. The second-order valence-electron chi connectivity index (χ2n) is 6.02. The molecule has 6 heteroatoms. The quantitative estimate of drug-likeness (QED) is 0.704. The van der Waals surface area contributed by atoms with Crippen molar-refractivity contribution in [3.8, 4) is 11.4 Å². The van der Waals surface area contributed by atoms with Gasteiger partial charge in [0.1, 0.15) is 0 Å². The predicted molar refractivity (Wildman–Crippen MR) is 97.1 cm³/mol. The van der Waals surface area contributed by atoms with E-state index in [0.29, 0.717) is 11.1 Å². The van der Waals surface area contributed by atoms with Gasteiger partial charge >= 0.3 is 0 Å². The standard InChI is InChI=1S/C20H20FN3O2/c1-14-17(12-22-24(14)16-7-5-4-6-8-16)20(25)23(2)13-15-9-10-19(26-3)18(21)11-15/h4-12H,13H2,1-3H3. The Hall–Kier alpha value is -3.15. The smallest absolute Gasteiger partial charge is 0.257 e. The first-order valence-electron chi connectivity index (χ1n) is 8.19. The molecule has 0 bridgehead atoms. The van der Waals surface area contributed by atoms with Gasteiger partial charge in [-0.25, -0.2) is 9.07 Å². The minimum absolute atomic E-state index is 0.166. The van der Waals surface area contributed by atoms with Crippen molar-refractivity contribution in [2.45, 2.75) is 13.5 Å². The summed E-state index contributed by atoms with van der Waals surface area (Å²) in [5.74, 6) is -0.428. The highest BCUT2D eigenvalue weighted by molar-refractivity contribution is 5.95. The van der Waals surface area contributed by atoms with Crippen LogP contribution in [0.2, 0.25) is 0 Å². The highest BCUT2D eigenvalue weighted by atomic mass is 19.1. The maximum absolute atomic E-state index is 13.8. The number of hydrogen-bond acceptors (Lipinski definition) is 3. The van der Waals surface area contributed by atoms with Crippen molar-refractivity contribution in [1.82, 2.24) is 14.7 Å². The van der Waals surface area contributed by atoms with Gasteiger partial charge in [-0.15, -0.1) is 0 Å². The van der Waals surface area contributed by atoms with Gasteiger partial charge in [-0.05, 0) is 36.8 Å². The molecule has 0 saturated carbocycles. The highest BCUT2D eigenvalue weighted by Gasteiger charge is 2.19. The van der Waals surface area contributed by atoms with Crippen LogP contribution in [-0.2, 0) is 6.54 Å². The van der Waals surface area contributed by atoms with Gasteiger partial charge in [0.05, 0.1) is 30.3 Å². The third-order valence-electron chi connectivity index (χ3n) is 4.22. The van der Waals surface area contributed by atoms with Crippen LogP contribution in [0, 0.1) is 12.7 Å². The summed E-state index contributed by atoms with van der Waals surface area (Å²) < 4.78 is 20.5. The van der Waals surface area contributed by atoms with Crippen molar-refractivity contribution in [2.75, 3.05) is 14.2 Å². The first-order valence-corrected chi connectivity index (χ1v) is 8.19. The van der Waals surface area contributed by atoms with E-state index in [1.165, 1.54) is 13.2 Å². The molecule has 26 heavy (non-hydrogen) atoms. The molecule has 134 valence electrons. The zero-order chi connectivity index (χ0) is 18.7. The fraction of sp³-hybridized carbons (Fsp3) is 0.200. The molecule has 0 atom stereocenters. The fourth-order valence-corrected chi connectivity index (χ4v) is 2.81. The summed E-state index contributed by atoms with van der Waals surface area (Å²) in [4.78, 5) is 14.3. The van der Waals surface area contributed by atoms with Crippen LogP contribution in [-0.4, -0.2) is 34.7 Å². The van der Waals surface area contributed by atoms with Gasteiger partial charge < -0.3 is 9.64 Å². The van der Waals surface area contributed by atoms with Gasteiger partial charge in [0.15, 0.2) is 11.6 Å². The molecule has 0 spiro atoms. The van der Waals surface area contributed by atoms with Crippen LogP contribution in [0.5, 0.6) is 5.75 Å². The molecule has 2 aromatic carbocycles. The molecule has 0 aliphatic rings. The number of hydrogen-bond donors (Lipinski definition) is 0. The monoisotopic (exact) mass is 353 g/mol. The molecule has 1 heterocycles. The third kappa shape index (κ3) is 3.44. The lowest BCUT2D eigenvalue weighted by Crippen LogP contribution is -2.26. The Labute approximate surface area is 151 Å². The van der Waals surface area contributed by atoms with E-state index in [-0.39, 0.29) is 18.2 Å². The fourth-order valence-electron chi connectivity index (χ4n) is 2.81. The van der Waals surface area contributed by atoms with Crippen LogP contribution < -0.4 is 4.74 Å². The van der Waals surface area contributed by atoms with Crippen molar-refractivity contribution in [3.05, 3.63) is 77.4 Å². The SMILES string of the molecule is COc1ccc(CN(C)C(=O)c2cnn(-c3ccccc3)c2C)cc1F. The Kier molecular flexibility index (Phi) is 5.02. The van der Waals surface area contributed by atoms with Gasteiger partial charge in [-0.2, -0.15) is 5.10 Å². The molecule has 0 radical (unpaired) electrons. The first-order chi connectivity index (χ1) is 12.5. The van der Waals surface area contributed by atoms with E-state index in [2.05, 4.69) is 5.10 Å². The average Bonchev–Trinajstić information content (AvgIpc) is 3.03. The second kappa shape index (κ2) is 7.39. The minimum Gasteiger partial charge on any atom is -0.494 e. The molecule has 0 aliphatic carbocycles. The van der Waals surface area contributed by atoms with Crippen molar-refractivity contribution in [2.24, 2.45) is 0 Å². The number of rotatable bonds is 5. The summed E-state index contributed by atoms with van der Waals surface area (Å²) >= 11 is 0. The predicted octanol–water partition coefficient (Wildman–Crippen LogP) is 3.60. The average molecular weight is 353 g/mol. The van der Waals surface area contributed by atoms with E-state index in [4.69, 9.17) is 4.74 Å².